The lowest BCUT2D eigenvalue weighted by Gasteiger charge is -2.18. The molecule has 20 heavy (non-hydrogen) atoms. The molecule has 0 aliphatic carbocycles. The first-order valence-corrected chi connectivity index (χ1v) is 7.32. The molecule has 1 N–H and O–H groups in total. The first-order chi connectivity index (χ1) is 9.61. The summed E-state index contributed by atoms with van der Waals surface area (Å²) >= 11 is 6.82. The summed E-state index contributed by atoms with van der Waals surface area (Å²) in [6.45, 7) is 0. The van der Waals surface area contributed by atoms with Crippen LogP contribution in [-0.2, 0) is 4.79 Å². The summed E-state index contributed by atoms with van der Waals surface area (Å²) in [4.78, 5) is 16.0. The number of nitrogens with zero attached hydrogens (tertiary/aromatic N) is 1. The van der Waals surface area contributed by atoms with Gasteiger partial charge in [0.1, 0.15) is 0 Å². The summed E-state index contributed by atoms with van der Waals surface area (Å²) in [5.74, 6) is 0.889. The molecule has 0 bridgehead atoms. The van der Waals surface area contributed by atoms with Crippen LogP contribution < -0.4 is 10.1 Å². The lowest BCUT2D eigenvalue weighted by atomic mass is 10.2. The highest BCUT2D eigenvalue weighted by atomic mass is 79.9. The van der Waals surface area contributed by atoms with Crippen molar-refractivity contribution in [3.8, 4) is 5.75 Å². The van der Waals surface area contributed by atoms with E-state index in [2.05, 4.69) is 42.2 Å². The van der Waals surface area contributed by atoms with Gasteiger partial charge in [0.2, 0.25) is 0 Å². The molecule has 1 amide bonds. The smallest absolute Gasteiger partial charge is 0.292 e. The van der Waals surface area contributed by atoms with E-state index < -0.39 is 0 Å². The van der Waals surface area contributed by atoms with E-state index in [1.807, 2.05) is 18.2 Å². The number of benzene rings is 1. The summed E-state index contributed by atoms with van der Waals surface area (Å²) in [7, 11) is 0. The molecule has 0 saturated carbocycles. The number of fused-ring (bicyclic) bond motifs is 1. The molecule has 0 unspecified atom stereocenters. The van der Waals surface area contributed by atoms with E-state index in [0.717, 1.165) is 14.5 Å². The van der Waals surface area contributed by atoms with Crippen LogP contribution in [0.4, 0.5) is 5.82 Å². The number of hydrogen-bond acceptors (Lipinski definition) is 3. The van der Waals surface area contributed by atoms with Crippen LogP contribution in [0.3, 0.4) is 0 Å². The number of nitrogens with one attached hydrogen (secondary N) is 1. The van der Waals surface area contributed by atoms with Crippen LogP contribution in [0.15, 0.2) is 51.2 Å². The number of rotatable bonds is 1. The second kappa shape index (κ2) is 5.38. The predicted molar refractivity (Wildman–Crippen MR) is 83.3 cm³/mol. The Kier molecular flexibility index (Phi) is 3.58. The number of carbonyl (C=O) groups excluding carboxylic acids is 1. The van der Waals surface area contributed by atoms with Crippen molar-refractivity contribution in [2.75, 3.05) is 5.32 Å². The molecule has 100 valence electrons. The van der Waals surface area contributed by atoms with Gasteiger partial charge in [-0.3, -0.25) is 4.79 Å². The molecule has 0 spiro atoms. The second-order valence-electron chi connectivity index (χ2n) is 4.12. The van der Waals surface area contributed by atoms with Crippen molar-refractivity contribution >= 4 is 49.7 Å². The van der Waals surface area contributed by atoms with Gasteiger partial charge in [-0.1, -0.05) is 31.9 Å². The van der Waals surface area contributed by atoms with Crippen LogP contribution in [0, 0.1) is 0 Å². The molecule has 0 radical (unpaired) electrons. The highest BCUT2D eigenvalue weighted by Crippen LogP contribution is 2.29. The summed E-state index contributed by atoms with van der Waals surface area (Å²) in [5, 5.41) is 2.69. The number of aromatic nitrogens is 1. The Labute approximate surface area is 132 Å². The van der Waals surface area contributed by atoms with Gasteiger partial charge in [-0.2, -0.15) is 0 Å². The topological polar surface area (TPSA) is 51.2 Å². The molecule has 1 aliphatic rings. The molecule has 4 nitrogen and oxygen atoms in total. The van der Waals surface area contributed by atoms with Crippen molar-refractivity contribution in [1.82, 2.24) is 4.98 Å². The molecule has 1 aromatic heterocycles. The average Bonchev–Trinajstić information content (AvgIpc) is 2.38. The van der Waals surface area contributed by atoms with Crippen molar-refractivity contribution in [2.45, 2.75) is 0 Å². The van der Waals surface area contributed by atoms with Crippen molar-refractivity contribution < 1.29 is 9.53 Å². The second-order valence-corrected chi connectivity index (χ2v) is 5.95. The first kappa shape index (κ1) is 13.3. The van der Waals surface area contributed by atoms with Crippen LogP contribution in [0.1, 0.15) is 5.56 Å². The van der Waals surface area contributed by atoms with Gasteiger partial charge in [-0.25, -0.2) is 4.98 Å². The van der Waals surface area contributed by atoms with Gasteiger partial charge in [0.15, 0.2) is 17.3 Å². The van der Waals surface area contributed by atoms with E-state index in [-0.39, 0.29) is 11.7 Å². The van der Waals surface area contributed by atoms with E-state index in [0.29, 0.717) is 11.6 Å². The van der Waals surface area contributed by atoms with Crippen LogP contribution in [0.25, 0.3) is 6.08 Å². The molecule has 2 heterocycles. The van der Waals surface area contributed by atoms with Gasteiger partial charge in [0.05, 0.1) is 0 Å². The van der Waals surface area contributed by atoms with Crippen molar-refractivity contribution in [2.24, 2.45) is 0 Å². The van der Waals surface area contributed by atoms with E-state index in [1.54, 1.807) is 24.4 Å². The van der Waals surface area contributed by atoms with Crippen LogP contribution in [0.5, 0.6) is 5.75 Å². The standard InChI is InChI=1S/C14H8Br2N2O2/c15-9-4-8(5-10(16)7-9)6-12-14(19)18-13-11(20-12)2-1-3-17-13/h1-7H,(H,17,18,19)/b12-6-. The summed E-state index contributed by atoms with van der Waals surface area (Å²) in [5.41, 5.74) is 0.851. The van der Waals surface area contributed by atoms with E-state index in [1.165, 1.54) is 0 Å². The molecule has 3 rings (SSSR count). The summed E-state index contributed by atoms with van der Waals surface area (Å²) in [6, 6.07) is 9.22. The SMILES string of the molecule is O=C1Nc2ncccc2O/C1=C\c1cc(Br)cc(Br)c1. The Hall–Kier alpha value is -1.66. The minimum absolute atomic E-state index is 0.232. The number of halogens is 2. The van der Waals surface area contributed by atoms with E-state index in [9.17, 15) is 4.79 Å². The zero-order valence-electron chi connectivity index (χ0n) is 10.1. The Bertz CT molecular complexity index is 709. The normalized spacial score (nSPS) is 15.5. The molecule has 0 fully saturated rings. The number of amides is 1. The molecule has 1 aliphatic heterocycles. The van der Waals surface area contributed by atoms with E-state index >= 15 is 0 Å². The maximum absolute atomic E-state index is 12.0. The van der Waals surface area contributed by atoms with Crippen molar-refractivity contribution in [3.05, 3.63) is 56.8 Å². The van der Waals surface area contributed by atoms with Gasteiger partial charge < -0.3 is 10.1 Å². The Morgan fingerprint density at radius 2 is 1.95 bits per heavy atom. The Morgan fingerprint density at radius 3 is 2.70 bits per heavy atom. The fraction of sp³-hybridized carbons (Fsp3) is 0. The van der Waals surface area contributed by atoms with Crippen LogP contribution in [0.2, 0.25) is 0 Å². The van der Waals surface area contributed by atoms with Gasteiger partial charge in [-0.05, 0) is 42.0 Å². The fourth-order valence-corrected chi connectivity index (χ4v) is 3.13. The maximum Gasteiger partial charge on any atom is 0.292 e. The third-order valence-electron chi connectivity index (χ3n) is 2.63. The molecule has 2 aromatic rings. The number of ether oxygens (including phenoxy) is 1. The zero-order valence-corrected chi connectivity index (χ0v) is 13.2. The zero-order chi connectivity index (χ0) is 14.1. The molecule has 0 saturated heterocycles. The summed E-state index contributed by atoms with van der Waals surface area (Å²) < 4.78 is 7.41. The predicted octanol–water partition coefficient (Wildman–Crippen LogP) is 3.98. The highest BCUT2D eigenvalue weighted by Gasteiger charge is 2.22. The van der Waals surface area contributed by atoms with Crippen LogP contribution >= 0.6 is 31.9 Å². The Morgan fingerprint density at radius 1 is 1.20 bits per heavy atom. The molecule has 0 atom stereocenters. The lowest BCUT2D eigenvalue weighted by molar-refractivity contribution is -0.115. The van der Waals surface area contributed by atoms with Crippen molar-refractivity contribution in [3.63, 3.8) is 0 Å². The van der Waals surface area contributed by atoms with Crippen LogP contribution in [-0.4, -0.2) is 10.9 Å². The summed E-state index contributed by atoms with van der Waals surface area (Å²) in [6.07, 6.45) is 3.28. The minimum Gasteiger partial charge on any atom is -0.448 e. The Balaban J connectivity index is 1.98. The first-order valence-electron chi connectivity index (χ1n) is 5.74. The van der Waals surface area contributed by atoms with Gasteiger partial charge in [0, 0.05) is 15.1 Å². The van der Waals surface area contributed by atoms with E-state index in [4.69, 9.17) is 4.74 Å². The van der Waals surface area contributed by atoms with Gasteiger partial charge in [-0.15, -0.1) is 0 Å². The molecular formula is C14H8Br2N2O2. The monoisotopic (exact) mass is 394 g/mol. The molecule has 1 aromatic carbocycles. The third-order valence-corrected chi connectivity index (χ3v) is 3.54. The minimum atomic E-state index is -0.313. The largest absolute Gasteiger partial charge is 0.448 e. The number of hydrogen-bond donors (Lipinski definition) is 1. The van der Waals surface area contributed by atoms with Crippen molar-refractivity contribution in [1.29, 1.82) is 0 Å². The molecular weight excluding hydrogens is 388 g/mol. The quantitative estimate of drug-likeness (QED) is 0.743. The number of pyridine rings is 1. The number of carbonyl (C=O) groups is 1. The average molecular weight is 396 g/mol. The fourth-order valence-electron chi connectivity index (χ4n) is 1.81. The van der Waals surface area contributed by atoms with Gasteiger partial charge >= 0.3 is 0 Å². The highest BCUT2D eigenvalue weighted by molar-refractivity contribution is 9.11. The third kappa shape index (κ3) is 2.76. The van der Waals surface area contributed by atoms with Gasteiger partial charge in [0.25, 0.3) is 5.91 Å². The molecule has 6 heteroatoms. The number of anilines is 1. The lowest BCUT2D eigenvalue weighted by Crippen LogP contribution is -2.24. The maximum atomic E-state index is 12.0.